The number of carbonyl (C=O) groups excluding carboxylic acids is 2. The van der Waals surface area contributed by atoms with Gasteiger partial charge in [-0.2, -0.15) is 4.98 Å². The van der Waals surface area contributed by atoms with Crippen molar-refractivity contribution < 1.29 is 14.3 Å². The molecule has 2 fully saturated rings. The molecule has 9 heteroatoms. The topological polar surface area (TPSA) is 90.9 Å². The number of ether oxygens (including phenoxy) is 1. The van der Waals surface area contributed by atoms with Crippen LogP contribution in [0, 0.1) is 5.92 Å². The quantitative estimate of drug-likeness (QED) is 0.457. The van der Waals surface area contributed by atoms with Crippen molar-refractivity contribution in [1.82, 2.24) is 19.8 Å². The summed E-state index contributed by atoms with van der Waals surface area (Å²) in [6.45, 7) is 10.2. The number of likely N-dealkylation sites (tertiary alicyclic amines) is 1. The summed E-state index contributed by atoms with van der Waals surface area (Å²) >= 11 is 0. The van der Waals surface area contributed by atoms with E-state index in [1.54, 1.807) is 6.20 Å². The van der Waals surface area contributed by atoms with Gasteiger partial charge in [-0.15, -0.1) is 0 Å². The first-order valence-electron chi connectivity index (χ1n) is 13.7. The molecular weight excluding hydrogens is 480 g/mol. The van der Waals surface area contributed by atoms with Crippen molar-refractivity contribution in [2.75, 3.05) is 36.9 Å². The van der Waals surface area contributed by atoms with Gasteiger partial charge in [-0.05, 0) is 49.8 Å². The maximum Gasteiger partial charge on any atom is 0.415 e. The van der Waals surface area contributed by atoms with E-state index in [1.807, 2.05) is 18.9 Å². The Bertz CT molecular complexity index is 1180. The highest BCUT2D eigenvalue weighted by atomic mass is 16.6. The van der Waals surface area contributed by atoms with E-state index in [1.165, 1.54) is 29.4 Å². The Morgan fingerprint density at radius 2 is 2.00 bits per heavy atom. The molecule has 38 heavy (non-hydrogen) atoms. The molecule has 0 spiro atoms. The van der Waals surface area contributed by atoms with E-state index in [9.17, 15) is 9.59 Å². The number of benzene rings is 1. The monoisotopic (exact) mass is 518 g/mol. The molecule has 1 unspecified atom stereocenters. The number of anilines is 2. The summed E-state index contributed by atoms with van der Waals surface area (Å²) in [6, 6.07) is 9.44. The fourth-order valence-corrected chi connectivity index (χ4v) is 5.53. The van der Waals surface area contributed by atoms with Crippen LogP contribution in [0.2, 0.25) is 0 Å². The van der Waals surface area contributed by atoms with Gasteiger partial charge in [0.05, 0.1) is 11.6 Å². The van der Waals surface area contributed by atoms with E-state index in [-0.39, 0.29) is 30.7 Å². The van der Waals surface area contributed by atoms with Crippen LogP contribution < -0.4 is 10.2 Å². The van der Waals surface area contributed by atoms with Gasteiger partial charge in [-0.1, -0.05) is 43.7 Å². The lowest BCUT2D eigenvalue weighted by molar-refractivity contribution is -0.126. The standard InChI is InChI=1S/C29H38N6O3/c1-5-26(36)33(4)24-13-14-34(17-24)25(15-20-7-8-20)22-11-9-21(10-12-22)19(3)31-28-30-16-23-18-38-29(37)35(6-2)27(23)32-28/h5,9-12,16,19-20,24-25H,1,6-8,13-15,17-18H2,2-4H3,(H,30,31,32)/t19-,24-,25?/m0/s1. The highest BCUT2D eigenvalue weighted by Gasteiger charge is 2.35. The summed E-state index contributed by atoms with van der Waals surface area (Å²) in [7, 11) is 1.88. The Labute approximate surface area is 224 Å². The van der Waals surface area contributed by atoms with Crippen LogP contribution in [0.3, 0.4) is 0 Å². The van der Waals surface area contributed by atoms with Crippen molar-refractivity contribution in [3.8, 4) is 0 Å². The van der Waals surface area contributed by atoms with E-state index in [4.69, 9.17) is 4.74 Å². The van der Waals surface area contributed by atoms with E-state index in [0.717, 1.165) is 43.0 Å². The Morgan fingerprint density at radius 3 is 2.68 bits per heavy atom. The Kier molecular flexibility index (Phi) is 7.65. The van der Waals surface area contributed by atoms with Gasteiger partial charge >= 0.3 is 6.09 Å². The zero-order valence-corrected chi connectivity index (χ0v) is 22.6. The summed E-state index contributed by atoms with van der Waals surface area (Å²) in [6.07, 6.45) is 7.54. The SMILES string of the molecule is C=CC(=O)N(C)[C@H]1CCN(C(CC2CC2)c2ccc([C@H](C)Nc3ncc4c(n3)N(CC)C(=O)OC4)cc2)C1. The van der Waals surface area contributed by atoms with Crippen LogP contribution in [0.1, 0.15) is 68.3 Å². The Morgan fingerprint density at radius 1 is 1.26 bits per heavy atom. The van der Waals surface area contributed by atoms with Gasteiger partial charge in [0.2, 0.25) is 11.9 Å². The highest BCUT2D eigenvalue weighted by Crippen LogP contribution is 2.41. The zero-order chi connectivity index (χ0) is 26.8. The van der Waals surface area contributed by atoms with Crippen molar-refractivity contribution in [3.63, 3.8) is 0 Å². The first kappa shape index (κ1) is 26.2. The van der Waals surface area contributed by atoms with Gasteiger partial charge in [0.15, 0.2) is 0 Å². The van der Waals surface area contributed by atoms with Crippen molar-refractivity contribution in [2.45, 2.75) is 64.3 Å². The molecule has 0 bridgehead atoms. The van der Waals surface area contributed by atoms with E-state index >= 15 is 0 Å². The molecule has 5 rings (SSSR count). The second kappa shape index (κ2) is 11.1. The number of nitrogens with one attached hydrogen (secondary N) is 1. The summed E-state index contributed by atoms with van der Waals surface area (Å²) < 4.78 is 5.19. The average molecular weight is 519 g/mol. The number of amides is 2. The van der Waals surface area contributed by atoms with Gasteiger partial charge < -0.3 is 15.0 Å². The third kappa shape index (κ3) is 5.53. The smallest absolute Gasteiger partial charge is 0.415 e. The normalized spacial score (nSPS) is 20.9. The molecule has 1 saturated carbocycles. The number of nitrogens with zero attached hydrogens (tertiary/aromatic N) is 5. The minimum absolute atomic E-state index is 0.00771. The molecule has 3 aliphatic rings. The number of cyclic esters (lactones) is 1. The van der Waals surface area contributed by atoms with Crippen LogP contribution >= 0.6 is 0 Å². The maximum atomic E-state index is 12.1. The third-order valence-electron chi connectivity index (χ3n) is 8.11. The summed E-state index contributed by atoms with van der Waals surface area (Å²) in [5.74, 6) is 1.89. The molecule has 3 heterocycles. The number of hydrogen-bond donors (Lipinski definition) is 1. The fraction of sp³-hybridized carbons (Fsp3) is 0.517. The second-order valence-electron chi connectivity index (χ2n) is 10.7. The lowest BCUT2D eigenvalue weighted by Gasteiger charge is -2.30. The van der Waals surface area contributed by atoms with Gasteiger partial charge in [-0.3, -0.25) is 14.6 Å². The van der Waals surface area contributed by atoms with Crippen molar-refractivity contribution in [3.05, 3.63) is 59.8 Å². The Balaban J connectivity index is 1.27. The molecule has 202 valence electrons. The first-order chi connectivity index (χ1) is 18.4. The van der Waals surface area contributed by atoms with Crippen molar-refractivity contribution in [2.24, 2.45) is 5.92 Å². The number of rotatable bonds is 10. The minimum Gasteiger partial charge on any atom is -0.444 e. The molecule has 1 aromatic heterocycles. The molecule has 3 atom stereocenters. The van der Waals surface area contributed by atoms with Gasteiger partial charge in [0, 0.05) is 45.0 Å². The molecule has 1 saturated heterocycles. The third-order valence-corrected chi connectivity index (χ3v) is 8.11. The number of fused-ring (bicyclic) bond motifs is 1. The minimum atomic E-state index is -0.377. The highest BCUT2D eigenvalue weighted by molar-refractivity contribution is 5.89. The summed E-state index contributed by atoms with van der Waals surface area (Å²) in [5.41, 5.74) is 3.27. The van der Waals surface area contributed by atoms with E-state index < -0.39 is 0 Å². The molecule has 2 amide bonds. The maximum absolute atomic E-state index is 12.1. The van der Waals surface area contributed by atoms with Crippen LogP contribution in [0.15, 0.2) is 43.1 Å². The molecule has 9 nitrogen and oxygen atoms in total. The van der Waals surface area contributed by atoms with Crippen LogP contribution in [-0.4, -0.2) is 64.5 Å². The van der Waals surface area contributed by atoms with Gasteiger partial charge in [0.1, 0.15) is 12.4 Å². The molecule has 1 aliphatic carbocycles. The molecule has 0 radical (unpaired) electrons. The molecule has 1 N–H and O–H groups in total. The molecule has 2 aliphatic heterocycles. The van der Waals surface area contributed by atoms with Crippen LogP contribution in [-0.2, 0) is 16.1 Å². The fourth-order valence-electron chi connectivity index (χ4n) is 5.53. The van der Waals surface area contributed by atoms with Crippen molar-refractivity contribution >= 4 is 23.8 Å². The molecule has 1 aromatic carbocycles. The van der Waals surface area contributed by atoms with Gasteiger partial charge in [-0.25, -0.2) is 9.78 Å². The van der Waals surface area contributed by atoms with Crippen LogP contribution in [0.25, 0.3) is 0 Å². The number of likely N-dealkylation sites (N-methyl/N-ethyl adjacent to an activating group) is 1. The Hall–Kier alpha value is -3.46. The number of aromatic nitrogens is 2. The summed E-state index contributed by atoms with van der Waals surface area (Å²) in [4.78, 5) is 39.2. The van der Waals surface area contributed by atoms with Crippen molar-refractivity contribution in [1.29, 1.82) is 0 Å². The van der Waals surface area contributed by atoms with Crippen LogP contribution in [0.5, 0.6) is 0 Å². The van der Waals surface area contributed by atoms with Crippen LogP contribution in [0.4, 0.5) is 16.6 Å². The predicted octanol–water partition coefficient (Wildman–Crippen LogP) is 4.69. The average Bonchev–Trinajstić information content (AvgIpc) is 3.63. The zero-order valence-electron chi connectivity index (χ0n) is 22.6. The second-order valence-corrected chi connectivity index (χ2v) is 10.7. The largest absolute Gasteiger partial charge is 0.444 e. The lowest BCUT2D eigenvalue weighted by Crippen LogP contribution is -2.38. The molecule has 2 aromatic rings. The van der Waals surface area contributed by atoms with E-state index in [2.05, 4.69) is 58.0 Å². The molecular formula is C29H38N6O3. The first-order valence-corrected chi connectivity index (χ1v) is 13.7. The lowest BCUT2D eigenvalue weighted by atomic mass is 9.97. The van der Waals surface area contributed by atoms with E-state index in [0.29, 0.717) is 24.4 Å². The number of hydrogen-bond acceptors (Lipinski definition) is 7. The van der Waals surface area contributed by atoms with Gasteiger partial charge in [0.25, 0.3) is 0 Å². The number of carbonyl (C=O) groups is 2. The summed E-state index contributed by atoms with van der Waals surface area (Å²) in [5, 5.41) is 3.39. The predicted molar refractivity (Wildman–Crippen MR) is 147 cm³/mol.